The minimum absolute atomic E-state index is 0.207. The maximum absolute atomic E-state index is 13.3. The average molecular weight is 324 g/mol. The predicted octanol–water partition coefficient (Wildman–Crippen LogP) is 3.78. The summed E-state index contributed by atoms with van der Waals surface area (Å²) < 4.78 is 13.3. The summed E-state index contributed by atoms with van der Waals surface area (Å²) >= 11 is 0. The van der Waals surface area contributed by atoms with Crippen molar-refractivity contribution in [3.63, 3.8) is 0 Å². The lowest BCUT2D eigenvalue weighted by molar-refractivity contribution is 0.243. The number of nitrogens with one attached hydrogen (secondary N) is 1. The van der Waals surface area contributed by atoms with Crippen LogP contribution in [0.25, 0.3) is 10.9 Å². The first-order chi connectivity index (χ1) is 11.6. The average Bonchev–Trinajstić information content (AvgIpc) is 2.96. The fourth-order valence-corrected chi connectivity index (χ4v) is 3.33. The Morgan fingerprint density at radius 3 is 3.04 bits per heavy atom. The third-order valence-electron chi connectivity index (χ3n) is 4.67. The molecule has 3 aromatic rings. The van der Waals surface area contributed by atoms with Gasteiger partial charge in [-0.1, -0.05) is 13.8 Å². The molecule has 0 aliphatic carbocycles. The van der Waals surface area contributed by atoms with Crippen molar-refractivity contribution in [3.05, 3.63) is 59.1 Å². The highest BCUT2D eigenvalue weighted by Gasteiger charge is 2.20. The highest BCUT2D eigenvalue weighted by atomic mass is 19.1. The standard InChI is InChI=1S/C19H21FN4/c1-12(2)19-22-9-14-11-24(6-5-17(14)23-19)10-13-8-21-18-7-15(20)3-4-16(13)18/h3-4,7-9,12,21H,5-6,10-11H2,1-2H3. The number of aromatic nitrogens is 3. The van der Waals surface area contributed by atoms with Crippen LogP contribution in [-0.2, 0) is 19.5 Å². The van der Waals surface area contributed by atoms with Crippen LogP contribution in [0.15, 0.2) is 30.6 Å². The molecule has 4 rings (SSSR count). The molecule has 2 aromatic heterocycles. The normalized spacial score (nSPS) is 15.2. The van der Waals surface area contributed by atoms with Gasteiger partial charge in [-0.2, -0.15) is 0 Å². The smallest absolute Gasteiger partial charge is 0.131 e. The quantitative estimate of drug-likeness (QED) is 0.797. The number of hydrogen-bond acceptors (Lipinski definition) is 3. The molecule has 1 aromatic carbocycles. The zero-order chi connectivity index (χ0) is 16.7. The molecule has 1 N–H and O–H groups in total. The second-order valence-electron chi connectivity index (χ2n) is 6.82. The van der Waals surface area contributed by atoms with E-state index in [0.717, 1.165) is 42.8 Å². The van der Waals surface area contributed by atoms with Crippen LogP contribution in [0.3, 0.4) is 0 Å². The monoisotopic (exact) mass is 324 g/mol. The van der Waals surface area contributed by atoms with E-state index in [4.69, 9.17) is 4.98 Å². The van der Waals surface area contributed by atoms with Crippen LogP contribution < -0.4 is 0 Å². The van der Waals surface area contributed by atoms with Gasteiger partial charge in [0.2, 0.25) is 0 Å². The van der Waals surface area contributed by atoms with E-state index in [1.807, 2.05) is 18.5 Å². The number of nitrogens with zero attached hydrogens (tertiary/aromatic N) is 3. The molecule has 0 saturated heterocycles. The molecule has 0 spiro atoms. The fraction of sp³-hybridized carbons (Fsp3) is 0.368. The number of hydrogen-bond donors (Lipinski definition) is 1. The van der Waals surface area contributed by atoms with Gasteiger partial charge in [-0.3, -0.25) is 4.90 Å². The number of H-pyrrole nitrogens is 1. The Morgan fingerprint density at radius 2 is 2.21 bits per heavy atom. The summed E-state index contributed by atoms with van der Waals surface area (Å²) in [4.78, 5) is 14.8. The van der Waals surface area contributed by atoms with Gasteiger partial charge in [0.1, 0.15) is 11.6 Å². The Balaban J connectivity index is 1.54. The summed E-state index contributed by atoms with van der Waals surface area (Å²) in [5.74, 6) is 1.08. The SMILES string of the molecule is CC(C)c1ncc2c(n1)CCN(Cc1c[nH]c3cc(F)ccc13)C2. The molecule has 0 bridgehead atoms. The van der Waals surface area contributed by atoms with Crippen LogP contribution in [-0.4, -0.2) is 26.4 Å². The Kier molecular flexibility index (Phi) is 3.81. The van der Waals surface area contributed by atoms with Gasteiger partial charge in [-0.05, 0) is 23.8 Å². The molecule has 0 radical (unpaired) electrons. The van der Waals surface area contributed by atoms with Crippen molar-refractivity contribution in [2.45, 2.75) is 39.3 Å². The van der Waals surface area contributed by atoms with Crippen molar-refractivity contribution in [2.75, 3.05) is 6.54 Å². The first-order valence-corrected chi connectivity index (χ1v) is 8.42. The highest BCUT2D eigenvalue weighted by molar-refractivity contribution is 5.83. The van der Waals surface area contributed by atoms with Gasteiger partial charge in [0, 0.05) is 66.5 Å². The molecule has 0 saturated carbocycles. The van der Waals surface area contributed by atoms with Gasteiger partial charge in [0.15, 0.2) is 0 Å². The van der Waals surface area contributed by atoms with E-state index >= 15 is 0 Å². The molecule has 0 fully saturated rings. The molecule has 1 aliphatic heterocycles. The van der Waals surface area contributed by atoms with Crippen molar-refractivity contribution in [1.29, 1.82) is 0 Å². The molecule has 5 heteroatoms. The van der Waals surface area contributed by atoms with Gasteiger partial charge in [-0.25, -0.2) is 14.4 Å². The van der Waals surface area contributed by atoms with Gasteiger partial charge >= 0.3 is 0 Å². The van der Waals surface area contributed by atoms with E-state index in [1.165, 1.54) is 22.9 Å². The third-order valence-corrected chi connectivity index (χ3v) is 4.67. The molecule has 0 atom stereocenters. The number of halogens is 1. The highest BCUT2D eigenvalue weighted by Crippen LogP contribution is 2.24. The summed E-state index contributed by atoms with van der Waals surface area (Å²) in [7, 11) is 0. The van der Waals surface area contributed by atoms with Crippen LogP contribution in [0, 0.1) is 5.82 Å². The van der Waals surface area contributed by atoms with E-state index < -0.39 is 0 Å². The number of fused-ring (bicyclic) bond motifs is 2. The largest absolute Gasteiger partial charge is 0.361 e. The molecule has 124 valence electrons. The molecule has 0 unspecified atom stereocenters. The molecule has 1 aliphatic rings. The Hall–Kier alpha value is -2.27. The summed E-state index contributed by atoms with van der Waals surface area (Å²) in [5.41, 5.74) is 4.46. The third kappa shape index (κ3) is 2.80. The number of aromatic amines is 1. The van der Waals surface area contributed by atoms with Gasteiger partial charge in [0.05, 0.1) is 0 Å². The minimum atomic E-state index is -0.207. The van der Waals surface area contributed by atoms with Gasteiger partial charge < -0.3 is 4.98 Å². The van der Waals surface area contributed by atoms with E-state index in [1.54, 1.807) is 6.07 Å². The second-order valence-corrected chi connectivity index (χ2v) is 6.82. The molecule has 4 nitrogen and oxygen atoms in total. The summed E-state index contributed by atoms with van der Waals surface area (Å²) in [6.45, 7) is 6.93. The number of benzene rings is 1. The Bertz CT molecular complexity index is 884. The maximum Gasteiger partial charge on any atom is 0.131 e. The lowest BCUT2D eigenvalue weighted by Gasteiger charge is -2.28. The fourth-order valence-electron chi connectivity index (χ4n) is 3.33. The van der Waals surface area contributed by atoms with Gasteiger partial charge in [0.25, 0.3) is 0 Å². The summed E-state index contributed by atoms with van der Waals surface area (Å²) in [6.07, 6.45) is 4.92. The Morgan fingerprint density at radius 1 is 1.33 bits per heavy atom. The van der Waals surface area contributed by atoms with Crippen molar-refractivity contribution in [3.8, 4) is 0 Å². The lowest BCUT2D eigenvalue weighted by Crippen LogP contribution is -2.31. The van der Waals surface area contributed by atoms with E-state index in [-0.39, 0.29) is 5.82 Å². The maximum atomic E-state index is 13.3. The molecule has 24 heavy (non-hydrogen) atoms. The summed E-state index contributed by atoms with van der Waals surface area (Å²) in [5, 5.41) is 1.09. The van der Waals surface area contributed by atoms with Crippen molar-refractivity contribution >= 4 is 10.9 Å². The van der Waals surface area contributed by atoms with Crippen LogP contribution in [0.2, 0.25) is 0 Å². The van der Waals surface area contributed by atoms with Crippen molar-refractivity contribution in [2.24, 2.45) is 0 Å². The van der Waals surface area contributed by atoms with E-state index in [2.05, 4.69) is 28.7 Å². The van der Waals surface area contributed by atoms with Crippen LogP contribution in [0.5, 0.6) is 0 Å². The summed E-state index contributed by atoms with van der Waals surface area (Å²) in [6, 6.07) is 4.92. The molecular formula is C19H21FN4. The van der Waals surface area contributed by atoms with Crippen molar-refractivity contribution < 1.29 is 4.39 Å². The van der Waals surface area contributed by atoms with Crippen LogP contribution >= 0.6 is 0 Å². The minimum Gasteiger partial charge on any atom is -0.361 e. The molecule has 3 heterocycles. The predicted molar refractivity (Wildman–Crippen MR) is 92.2 cm³/mol. The van der Waals surface area contributed by atoms with Crippen molar-refractivity contribution in [1.82, 2.24) is 19.9 Å². The van der Waals surface area contributed by atoms with Gasteiger partial charge in [-0.15, -0.1) is 0 Å². The van der Waals surface area contributed by atoms with E-state index in [0.29, 0.717) is 5.92 Å². The first-order valence-electron chi connectivity index (χ1n) is 8.42. The van der Waals surface area contributed by atoms with E-state index in [9.17, 15) is 4.39 Å². The number of rotatable bonds is 3. The Labute approximate surface area is 140 Å². The lowest BCUT2D eigenvalue weighted by atomic mass is 10.1. The zero-order valence-electron chi connectivity index (χ0n) is 14.0. The second kappa shape index (κ2) is 5.98. The molecule has 0 amide bonds. The van der Waals surface area contributed by atoms with Crippen LogP contribution in [0.1, 0.15) is 42.4 Å². The van der Waals surface area contributed by atoms with Crippen LogP contribution in [0.4, 0.5) is 4.39 Å². The topological polar surface area (TPSA) is 44.8 Å². The molecular weight excluding hydrogens is 303 g/mol. The first kappa shape index (κ1) is 15.3. The zero-order valence-corrected chi connectivity index (χ0v) is 14.0.